The average Bonchev–Trinajstić information content (AvgIpc) is 2.85. The molecule has 3 atom stereocenters. The molecule has 0 saturated carbocycles. The Bertz CT molecular complexity index is 553. The zero-order chi connectivity index (χ0) is 14.7. The van der Waals surface area contributed by atoms with Gasteiger partial charge in [-0.2, -0.15) is 5.10 Å². The SMILES string of the molecule is Cc1[nH]ncc1C(C)NC(C)C(O)c1ccc(Br)cc1. The number of rotatable bonds is 5. The van der Waals surface area contributed by atoms with Crippen LogP contribution in [0.5, 0.6) is 0 Å². The van der Waals surface area contributed by atoms with Crippen molar-refractivity contribution in [3.8, 4) is 0 Å². The number of H-pyrrole nitrogens is 1. The molecule has 0 aliphatic heterocycles. The number of aliphatic hydroxyl groups excluding tert-OH is 1. The quantitative estimate of drug-likeness (QED) is 0.784. The smallest absolute Gasteiger partial charge is 0.0940 e. The van der Waals surface area contributed by atoms with E-state index >= 15 is 0 Å². The van der Waals surface area contributed by atoms with Crippen LogP contribution in [0.2, 0.25) is 0 Å². The molecule has 2 aromatic rings. The van der Waals surface area contributed by atoms with Crippen LogP contribution in [0.15, 0.2) is 34.9 Å². The second-order valence-electron chi connectivity index (χ2n) is 5.12. The van der Waals surface area contributed by atoms with E-state index in [1.807, 2.05) is 44.3 Å². The first-order valence-corrected chi connectivity index (χ1v) is 7.47. The van der Waals surface area contributed by atoms with Crippen LogP contribution in [0.3, 0.4) is 0 Å². The Hall–Kier alpha value is -1.17. The molecule has 0 radical (unpaired) electrons. The molecule has 20 heavy (non-hydrogen) atoms. The van der Waals surface area contributed by atoms with Crippen LogP contribution in [0, 0.1) is 6.92 Å². The summed E-state index contributed by atoms with van der Waals surface area (Å²) in [5.41, 5.74) is 3.08. The van der Waals surface area contributed by atoms with Crippen LogP contribution >= 0.6 is 15.9 Å². The van der Waals surface area contributed by atoms with Gasteiger partial charge >= 0.3 is 0 Å². The Morgan fingerprint density at radius 1 is 1.25 bits per heavy atom. The molecule has 3 N–H and O–H groups in total. The fraction of sp³-hybridized carbons (Fsp3) is 0.400. The predicted octanol–water partition coefficient (Wildman–Crippen LogP) is 3.25. The summed E-state index contributed by atoms with van der Waals surface area (Å²) < 4.78 is 1.01. The molecular formula is C15H20BrN3O. The largest absolute Gasteiger partial charge is 0.387 e. The number of nitrogens with one attached hydrogen (secondary N) is 2. The van der Waals surface area contributed by atoms with Crippen LogP contribution in [0.4, 0.5) is 0 Å². The summed E-state index contributed by atoms with van der Waals surface area (Å²) in [4.78, 5) is 0. The topological polar surface area (TPSA) is 60.9 Å². The highest BCUT2D eigenvalue weighted by molar-refractivity contribution is 9.10. The molecule has 1 heterocycles. The van der Waals surface area contributed by atoms with Crippen molar-refractivity contribution in [2.75, 3.05) is 0 Å². The van der Waals surface area contributed by atoms with E-state index in [-0.39, 0.29) is 12.1 Å². The number of aromatic nitrogens is 2. The van der Waals surface area contributed by atoms with Crippen molar-refractivity contribution in [3.05, 3.63) is 51.8 Å². The second-order valence-corrected chi connectivity index (χ2v) is 6.04. The Morgan fingerprint density at radius 2 is 1.90 bits per heavy atom. The molecule has 0 fully saturated rings. The van der Waals surface area contributed by atoms with Crippen molar-refractivity contribution >= 4 is 15.9 Å². The summed E-state index contributed by atoms with van der Waals surface area (Å²) in [7, 11) is 0. The van der Waals surface area contributed by atoms with Crippen LogP contribution in [0.25, 0.3) is 0 Å². The normalized spacial score (nSPS) is 15.8. The lowest BCUT2D eigenvalue weighted by Crippen LogP contribution is -2.34. The maximum atomic E-state index is 10.4. The fourth-order valence-corrected chi connectivity index (χ4v) is 2.58. The molecule has 0 spiro atoms. The van der Waals surface area contributed by atoms with Crippen molar-refractivity contribution in [1.29, 1.82) is 0 Å². The van der Waals surface area contributed by atoms with Gasteiger partial charge in [0.1, 0.15) is 0 Å². The van der Waals surface area contributed by atoms with Gasteiger partial charge in [0.05, 0.1) is 12.3 Å². The van der Waals surface area contributed by atoms with Crippen LogP contribution < -0.4 is 5.32 Å². The number of hydrogen-bond acceptors (Lipinski definition) is 3. The van der Waals surface area contributed by atoms with E-state index in [9.17, 15) is 5.11 Å². The molecule has 1 aromatic carbocycles. The number of halogens is 1. The first-order chi connectivity index (χ1) is 9.49. The maximum absolute atomic E-state index is 10.4. The van der Waals surface area contributed by atoms with Crippen molar-refractivity contribution in [3.63, 3.8) is 0 Å². The molecule has 0 aliphatic rings. The average molecular weight is 338 g/mol. The van der Waals surface area contributed by atoms with E-state index in [4.69, 9.17) is 0 Å². The van der Waals surface area contributed by atoms with Gasteiger partial charge < -0.3 is 10.4 Å². The first kappa shape index (κ1) is 15.2. The summed E-state index contributed by atoms with van der Waals surface area (Å²) in [6.45, 7) is 6.05. The molecule has 0 bridgehead atoms. The highest BCUT2D eigenvalue weighted by Crippen LogP contribution is 2.22. The molecule has 3 unspecified atom stereocenters. The van der Waals surface area contributed by atoms with E-state index in [0.29, 0.717) is 0 Å². The van der Waals surface area contributed by atoms with Crippen LogP contribution in [0.1, 0.15) is 42.8 Å². The first-order valence-electron chi connectivity index (χ1n) is 6.68. The van der Waals surface area contributed by atoms with Crippen molar-refractivity contribution < 1.29 is 5.11 Å². The van der Waals surface area contributed by atoms with Gasteiger partial charge in [0.2, 0.25) is 0 Å². The van der Waals surface area contributed by atoms with E-state index in [1.54, 1.807) is 0 Å². The summed E-state index contributed by atoms with van der Waals surface area (Å²) in [6, 6.07) is 7.82. The van der Waals surface area contributed by atoms with Gasteiger partial charge in [-0.15, -0.1) is 0 Å². The van der Waals surface area contributed by atoms with Crippen LogP contribution in [-0.2, 0) is 0 Å². The van der Waals surface area contributed by atoms with Crippen LogP contribution in [-0.4, -0.2) is 21.3 Å². The van der Waals surface area contributed by atoms with E-state index < -0.39 is 6.10 Å². The number of aryl methyl sites for hydroxylation is 1. The lowest BCUT2D eigenvalue weighted by Gasteiger charge is -2.24. The molecule has 0 amide bonds. The van der Waals surface area contributed by atoms with Crippen molar-refractivity contribution in [2.24, 2.45) is 0 Å². The Morgan fingerprint density at radius 3 is 2.45 bits per heavy atom. The van der Waals surface area contributed by atoms with Gasteiger partial charge in [-0.3, -0.25) is 5.10 Å². The Balaban J connectivity index is 2.02. The molecule has 4 nitrogen and oxygen atoms in total. The van der Waals surface area contributed by atoms with Crippen molar-refractivity contribution in [2.45, 2.75) is 39.0 Å². The summed E-state index contributed by atoms with van der Waals surface area (Å²) in [5, 5.41) is 20.8. The fourth-order valence-electron chi connectivity index (χ4n) is 2.32. The maximum Gasteiger partial charge on any atom is 0.0940 e. The summed E-state index contributed by atoms with van der Waals surface area (Å²) >= 11 is 3.40. The van der Waals surface area contributed by atoms with Gasteiger partial charge in [-0.25, -0.2) is 0 Å². The van der Waals surface area contributed by atoms with E-state index in [1.165, 1.54) is 0 Å². The minimum absolute atomic E-state index is 0.0551. The lowest BCUT2D eigenvalue weighted by atomic mass is 10.0. The number of aromatic amines is 1. The van der Waals surface area contributed by atoms with E-state index in [0.717, 1.165) is 21.3 Å². The summed E-state index contributed by atoms with van der Waals surface area (Å²) in [5.74, 6) is 0. The molecule has 0 aliphatic carbocycles. The van der Waals surface area contributed by atoms with Gasteiger partial charge in [0.25, 0.3) is 0 Å². The molecular weight excluding hydrogens is 318 g/mol. The van der Waals surface area contributed by atoms with E-state index in [2.05, 4.69) is 38.4 Å². The number of aliphatic hydroxyl groups is 1. The third-order valence-electron chi connectivity index (χ3n) is 3.53. The minimum Gasteiger partial charge on any atom is -0.387 e. The zero-order valence-corrected chi connectivity index (χ0v) is 13.5. The molecule has 0 saturated heterocycles. The number of hydrogen-bond donors (Lipinski definition) is 3. The third-order valence-corrected chi connectivity index (χ3v) is 4.06. The molecule has 108 valence electrons. The zero-order valence-electron chi connectivity index (χ0n) is 11.9. The van der Waals surface area contributed by atoms with Crippen molar-refractivity contribution in [1.82, 2.24) is 15.5 Å². The van der Waals surface area contributed by atoms with Gasteiger partial charge in [0.15, 0.2) is 0 Å². The molecule has 5 heteroatoms. The monoisotopic (exact) mass is 337 g/mol. The lowest BCUT2D eigenvalue weighted by molar-refractivity contribution is 0.130. The second kappa shape index (κ2) is 6.52. The minimum atomic E-state index is -0.544. The highest BCUT2D eigenvalue weighted by atomic mass is 79.9. The highest BCUT2D eigenvalue weighted by Gasteiger charge is 2.20. The Labute approximate surface area is 127 Å². The Kier molecular flexibility index (Phi) is 4.96. The number of nitrogens with zero attached hydrogens (tertiary/aromatic N) is 1. The molecule has 2 rings (SSSR count). The number of benzene rings is 1. The predicted molar refractivity (Wildman–Crippen MR) is 83.4 cm³/mol. The third kappa shape index (κ3) is 3.48. The van der Waals surface area contributed by atoms with Gasteiger partial charge in [0, 0.05) is 27.8 Å². The summed E-state index contributed by atoms with van der Waals surface area (Å²) in [6.07, 6.45) is 1.28. The standard InChI is InChI=1S/C15H20BrN3O/c1-9(14-8-17-19-10(14)2)18-11(3)15(20)12-4-6-13(16)7-5-12/h4-9,11,15,18,20H,1-3H3,(H,17,19). The molecule has 1 aromatic heterocycles. The van der Waals surface area contributed by atoms with Gasteiger partial charge in [-0.1, -0.05) is 28.1 Å². The van der Waals surface area contributed by atoms with Gasteiger partial charge in [-0.05, 0) is 38.5 Å².